The average Bonchev–Trinajstić information content (AvgIpc) is 2.71. The van der Waals surface area contributed by atoms with Gasteiger partial charge in [-0.25, -0.2) is 0 Å². The number of nitrogens with zero attached hydrogens (tertiary/aromatic N) is 2. The molecule has 0 aromatic heterocycles. The summed E-state index contributed by atoms with van der Waals surface area (Å²) < 4.78 is 10.5. The summed E-state index contributed by atoms with van der Waals surface area (Å²) in [5.74, 6) is -0.00504. The molecule has 1 N–H and O–H groups in total. The van der Waals surface area contributed by atoms with Gasteiger partial charge in [-0.3, -0.25) is 14.9 Å². The Kier molecular flexibility index (Phi) is 7.62. The van der Waals surface area contributed by atoms with E-state index in [1.807, 2.05) is 37.4 Å². The highest BCUT2D eigenvalue weighted by Gasteiger charge is 2.24. The van der Waals surface area contributed by atoms with Gasteiger partial charge >= 0.3 is 0 Å². The first kappa shape index (κ1) is 21.0. The van der Waals surface area contributed by atoms with Crippen molar-refractivity contribution in [2.45, 2.75) is 13.3 Å². The van der Waals surface area contributed by atoms with Gasteiger partial charge in [0.15, 0.2) is 11.5 Å². The van der Waals surface area contributed by atoms with E-state index in [1.165, 1.54) is 19.2 Å². The second-order valence-corrected chi connectivity index (χ2v) is 6.08. The minimum atomic E-state index is -0.597. The third kappa shape index (κ3) is 5.35. The van der Waals surface area contributed by atoms with Gasteiger partial charge < -0.3 is 19.7 Å². The predicted octanol–water partition coefficient (Wildman–Crippen LogP) is 3.26. The molecule has 0 unspecified atom stereocenters. The van der Waals surface area contributed by atoms with Crippen LogP contribution in [0.25, 0.3) is 0 Å². The third-order valence-electron chi connectivity index (χ3n) is 4.18. The van der Waals surface area contributed by atoms with Crippen LogP contribution in [0, 0.1) is 10.1 Å². The van der Waals surface area contributed by atoms with Crippen molar-refractivity contribution in [3.8, 4) is 11.5 Å². The molecule has 0 heterocycles. The maximum absolute atomic E-state index is 12.5. The molecule has 0 aliphatic rings. The molecule has 0 saturated heterocycles. The van der Waals surface area contributed by atoms with E-state index >= 15 is 0 Å². The fourth-order valence-electron chi connectivity index (χ4n) is 2.73. The number of rotatable bonds is 10. The molecule has 2 rings (SSSR count). The number of para-hydroxylation sites is 1. The molecule has 0 fully saturated rings. The number of methoxy groups -OCH3 is 1. The Hall–Kier alpha value is -3.29. The van der Waals surface area contributed by atoms with E-state index in [0.717, 1.165) is 12.2 Å². The summed E-state index contributed by atoms with van der Waals surface area (Å²) in [7, 11) is 3.39. The molecule has 8 nitrogen and oxygen atoms in total. The van der Waals surface area contributed by atoms with Gasteiger partial charge in [0.2, 0.25) is 0 Å². The number of benzene rings is 2. The topological polar surface area (TPSA) is 93.9 Å². The van der Waals surface area contributed by atoms with Gasteiger partial charge in [0.05, 0.1) is 24.7 Å². The van der Waals surface area contributed by atoms with E-state index in [1.54, 1.807) is 6.92 Å². The first-order valence-electron chi connectivity index (χ1n) is 9.01. The molecular formula is C20H25N3O5. The van der Waals surface area contributed by atoms with Crippen molar-refractivity contribution in [3.63, 3.8) is 0 Å². The van der Waals surface area contributed by atoms with E-state index in [9.17, 15) is 14.9 Å². The Balaban J connectivity index is 2.02. The van der Waals surface area contributed by atoms with Crippen LogP contribution >= 0.6 is 0 Å². The lowest BCUT2D eigenvalue weighted by molar-refractivity contribution is -0.385. The molecule has 8 heteroatoms. The average molecular weight is 387 g/mol. The summed E-state index contributed by atoms with van der Waals surface area (Å²) >= 11 is 0. The zero-order chi connectivity index (χ0) is 20.5. The molecule has 0 spiro atoms. The van der Waals surface area contributed by atoms with Crippen LogP contribution in [0.3, 0.4) is 0 Å². The Morgan fingerprint density at radius 2 is 1.93 bits per heavy atom. The summed E-state index contributed by atoms with van der Waals surface area (Å²) in [6, 6.07) is 12.5. The molecule has 2 aromatic rings. The monoisotopic (exact) mass is 387 g/mol. The largest absolute Gasteiger partial charge is 0.493 e. The van der Waals surface area contributed by atoms with Crippen molar-refractivity contribution in [2.24, 2.45) is 0 Å². The zero-order valence-electron chi connectivity index (χ0n) is 16.3. The quantitative estimate of drug-likeness (QED) is 0.382. The number of carbonyl (C=O) groups is 1. The summed E-state index contributed by atoms with van der Waals surface area (Å²) in [5, 5.41) is 14.1. The van der Waals surface area contributed by atoms with Crippen molar-refractivity contribution >= 4 is 17.3 Å². The van der Waals surface area contributed by atoms with Gasteiger partial charge in [-0.15, -0.1) is 0 Å². The van der Waals surface area contributed by atoms with Crippen LogP contribution < -0.4 is 19.7 Å². The van der Waals surface area contributed by atoms with Crippen molar-refractivity contribution in [3.05, 3.63) is 58.1 Å². The van der Waals surface area contributed by atoms with Crippen molar-refractivity contribution in [1.82, 2.24) is 5.32 Å². The highest BCUT2D eigenvalue weighted by atomic mass is 16.6. The van der Waals surface area contributed by atoms with E-state index in [-0.39, 0.29) is 22.7 Å². The predicted molar refractivity (Wildman–Crippen MR) is 107 cm³/mol. The maximum Gasteiger partial charge on any atom is 0.286 e. The lowest BCUT2D eigenvalue weighted by Crippen LogP contribution is -2.28. The summed E-state index contributed by atoms with van der Waals surface area (Å²) in [6.45, 7) is 3.22. The van der Waals surface area contributed by atoms with Crippen LogP contribution in [0.5, 0.6) is 11.5 Å². The molecule has 0 atom stereocenters. The lowest BCUT2D eigenvalue weighted by atomic mass is 10.1. The van der Waals surface area contributed by atoms with E-state index in [2.05, 4.69) is 10.2 Å². The fraction of sp³-hybridized carbons (Fsp3) is 0.350. The van der Waals surface area contributed by atoms with Crippen LogP contribution in [-0.2, 0) is 0 Å². The number of hydrogen-bond donors (Lipinski definition) is 1. The Bertz CT molecular complexity index is 811. The van der Waals surface area contributed by atoms with E-state index in [0.29, 0.717) is 19.6 Å². The summed E-state index contributed by atoms with van der Waals surface area (Å²) in [5.41, 5.74) is 0.714. The van der Waals surface area contributed by atoms with Gasteiger partial charge in [0, 0.05) is 31.9 Å². The fourth-order valence-corrected chi connectivity index (χ4v) is 2.73. The Morgan fingerprint density at radius 1 is 1.21 bits per heavy atom. The molecule has 0 bridgehead atoms. The Morgan fingerprint density at radius 3 is 2.54 bits per heavy atom. The first-order valence-corrected chi connectivity index (χ1v) is 9.01. The van der Waals surface area contributed by atoms with Gasteiger partial charge in [-0.2, -0.15) is 0 Å². The second kappa shape index (κ2) is 10.1. The molecule has 0 aliphatic heterocycles. The summed E-state index contributed by atoms with van der Waals surface area (Å²) in [4.78, 5) is 25.4. The van der Waals surface area contributed by atoms with Crippen LogP contribution in [0.15, 0.2) is 42.5 Å². The smallest absolute Gasteiger partial charge is 0.286 e. The van der Waals surface area contributed by atoms with Crippen LogP contribution in [0.4, 0.5) is 11.4 Å². The van der Waals surface area contributed by atoms with Gasteiger partial charge in [-0.05, 0) is 25.5 Å². The number of carbonyl (C=O) groups excluding carboxylic acids is 1. The Labute approximate surface area is 164 Å². The molecule has 28 heavy (non-hydrogen) atoms. The van der Waals surface area contributed by atoms with Gasteiger partial charge in [-0.1, -0.05) is 18.2 Å². The highest BCUT2D eigenvalue weighted by Crippen LogP contribution is 2.34. The molecule has 0 radical (unpaired) electrons. The minimum absolute atomic E-state index is 0.0540. The molecule has 2 aromatic carbocycles. The van der Waals surface area contributed by atoms with Crippen LogP contribution in [-0.4, -0.2) is 44.7 Å². The number of nitro benzene ring substituents is 1. The van der Waals surface area contributed by atoms with Gasteiger partial charge in [0.25, 0.3) is 11.6 Å². The maximum atomic E-state index is 12.5. The SMILES string of the molecule is CCOc1cc([N+](=O)[O-])c(C(=O)NCCCN(C)c2ccccc2)cc1OC. The number of nitrogens with one attached hydrogen (secondary N) is 1. The van der Waals surface area contributed by atoms with Gasteiger partial charge in [0.1, 0.15) is 5.56 Å². The number of anilines is 1. The molecule has 150 valence electrons. The molecular weight excluding hydrogens is 362 g/mol. The minimum Gasteiger partial charge on any atom is -0.493 e. The number of ether oxygens (including phenoxy) is 2. The van der Waals surface area contributed by atoms with Crippen LogP contribution in [0.2, 0.25) is 0 Å². The number of amides is 1. The highest BCUT2D eigenvalue weighted by molar-refractivity contribution is 5.99. The van der Waals surface area contributed by atoms with E-state index < -0.39 is 10.8 Å². The van der Waals surface area contributed by atoms with Crippen molar-refractivity contribution in [2.75, 3.05) is 38.8 Å². The summed E-state index contributed by atoms with van der Waals surface area (Å²) in [6.07, 6.45) is 0.694. The first-order chi connectivity index (χ1) is 13.5. The van der Waals surface area contributed by atoms with Crippen molar-refractivity contribution < 1.29 is 19.2 Å². The number of nitro groups is 1. The molecule has 0 saturated carbocycles. The standard InChI is InChI=1S/C20H25N3O5/c1-4-28-19-14-17(23(25)26)16(13-18(19)27-3)20(24)21-11-8-12-22(2)15-9-6-5-7-10-15/h5-7,9-10,13-14H,4,8,11-12H2,1-3H3,(H,21,24). The number of hydrogen-bond acceptors (Lipinski definition) is 6. The second-order valence-electron chi connectivity index (χ2n) is 6.08. The normalized spacial score (nSPS) is 10.2. The molecule has 1 amide bonds. The lowest BCUT2D eigenvalue weighted by Gasteiger charge is -2.19. The zero-order valence-corrected chi connectivity index (χ0v) is 16.3. The molecule has 0 aliphatic carbocycles. The van der Waals surface area contributed by atoms with Crippen molar-refractivity contribution in [1.29, 1.82) is 0 Å². The third-order valence-corrected chi connectivity index (χ3v) is 4.18. The van der Waals surface area contributed by atoms with Crippen LogP contribution in [0.1, 0.15) is 23.7 Å². The van der Waals surface area contributed by atoms with E-state index in [4.69, 9.17) is 9.47 Å².